The minimum absolute atomic E-state index is 0.228. The second-order valence-corrected chi connectivity index (χ2v) is 4.54. The Morgan fingerprint density at radius 1 is 1.41 bits per heavy atom. The lowest BCUT2D eigenvalue weighted by Crippen LogP contribution is -2.04. The van der Waals surface area contributed by atoms with Gasteiger partial charge in [0.15, 0.2) is 0 Å². The van der Waals surface area contributed by atoms with Gasteiger partial charge in [-0.25, -0.2) is 4.68 Å². The third-order valence-electron chi connectivity index (χ3n) is 2.53. The summed E-state index contributed by atoms with van der Waals surface area (Å²) in [6.45, 7) is 4.08. The predicted octanol–water partition coefficient (Wildman–Crippen LogP) is 3.52. The number of hydrogen-bond acceptors (Lipinski definition) is 2. The van der Waals surface area contributed by atoms with Crippen LogP contribution >= 0.6 is 11.6 Å². The zero-order chi connectivity index (χ0) is 12.4. The number of halogens is 1. The Balaban J connectivity index is 2.61. The average molecular weight is 246 g/mol. The molecular weight excluding hydrogens is 234 g/mol. The van der Waals surface area contributed by atoms with E-state index in [9.17, 15) is 0 Å². The molecule has 0 atom stereocenters. The molecule has 0 spiro atoms. The summed E-state index contributed by atoms with van der Waals surface area (Å²) in [5.41, 5.74) is 2.40. The van der Waals surface area contributed by atoms with Crippen LogP contribution in [0.15, 0.2) is 30.5 Å². The van der Waals surface area contributed by atoms with E-state index in [4.69, 9.17) is 16.9 Å². The van der Waals surface area contributed by atoms with Gasteiger partial charge in [0, 0.05) is 5.02 Å². The van der Waals surface area contributed by atoms with Crippen molar-refractivity contribution < 1.29 is 0 Å². The number of hydrogen-bond donors (Lipinski definition) is 0. The van der Waals surface area contributed by atoms with Crippen molar-refractivity contribution in [3.63, 3.8) is 0 Å². The number of rotatable bonds is 2. The Morgan fingerprint density at radius 2 is 2.18 bits per heavy atom. The highest BCUT2D eigenvalue weighted by atomic mass is 35.5. The Morgan fingerprint density at radius 3 is 2.76 bits per heavy atom. The number of benzene rings is 1. The molecule has 3 nitrogen and oxygen atoms in total. The quantitative estimate of drug-likeness (QED) is 0.812. The maximum Gasteiger partial charge on any atom is 0.103 e. The van der Waals surface area contributed by atoms with Crippen molar-refractivity contribution in [1.82, 2.24) is 9.78 Å². The second kappa shape index (κ2) is 4.60. The van der Waals surface area contributed by atoms with Crippen molar-refractivity contribution in [2.45, 2.75) is 19.8 Å². The maximum atomic E-state index is 9.05. The molecule has 1 aromatic heterocycles. The zero-order valence-corrected chi connectivity index (χ0v) is 10.4. The lowest BCUT2D eigenvalue weighted by Gasteiger charge is -2.10. The number of nitrogens with zero attached hydrogens (tertiary/aromatic N) is 3. The van der Waals surface area contributed by atoms with E-state index in [0.717, 1.165) is 11.4 Å². The van der Waals surface area contributed by atoms with Crippen molar-refractivity contribution >= 4 is 11.6 Å². The van der Waals surface area contributed by atoms with Gasteiger partial charge in [0.25, 0.3) is 0 Å². The first-order valence-corrected chi connectivity index (χ1v) is 5.75. The first-order chi connectivity index (χ1) is 8.13. The third-order valence-corrected chi connectivity index (χ3v) is 2.76. The first kappa shape index (κ1) is 11.7. The van der Waals surface area contributed by atoms with Gasteiger partial charge in [-0.15, -0.1) is 0 Å². The summed E-state index contributed by atoms with van der Waals surface area (Å²) in [5.74, 6) is 0.228. The molecule has 1 aromatic carbocycles. The fourth-order valence-electron chi connectivity index (χ4n) is 1.81. The zero-order valence-electron chi connectivity index (χ0n) is 9.68. The molecule has 0 aliphatic heterocycles. The Kier molecular flexibility index (Phi) is 3.16. The van der Waals surface area contributed by atoms with E-state index in [-0.39, 0.29) is 5.92 Å². The van der Waals surface area contributed by atoms with E-state index in [1.165, 1.54) is 0 Å². The highest BCUT2D eigenvalue weighted by Gasteiger charge is 2.15. The molecule has 86 valence electrons. The van der Waals surface area contributed by atoms with E-state index < -0.39 is 0 Å². The molecule has 0 N–H and O–H groups in total. The van der Waals surface area contributed by atoms with Gasteiger partial charge in [-0.1, -0.05) is 31.5 Å². The van der Waals surface area contributed by atoms with Crippen LogP contribution in [0.5, 0.6) is 0 Å². The minimum Gasteiger partial charge on any atom is -0.236 e. The molecule has 0 unspecified atom stereocenters. The van der Waals surface area contributed by atoms with Crippen LogP contribution in [0.1, 0.15) is 31.0 Å². The summed E-state index contributed by atoms with van der Waals surface area (Å²) in [7, 11) is 0. The fraction of sp³-hybridized carbons (Fsp3) is 0.231. The molecule has 0 bridgehead atoms. The monoisotopic (exact) mass is 245 g/mol. The van der Waals surface area contributed by atoms with E-state index in [0.29, 0.717) is 10.6 Å². The van der Waals surface area contributed by atoms with Crippen molar-refractivity contribution in [3.8, 4) is 11.8 Å². The Hall–Kier alpha value is -1.79. The normalized spacial score (nSPS) is 10.5. The average Bonchev–Trinajstić information content (AvgIpc) is 2.72. The Bertz CT molecular complexity index is 579. The molecule has 4 heteroatoms. The van der Waals surface area contributed by atoms with Crippen LogP contribution in [0.25, 0.3) is 5.69 Å². The first-order valence-electron chi connectivity index (χ1n) is 5.37. The Labute approximate surface area is 105 Å². The molecule has 17 heavy (non-hydrogen) atoms. The summed E-state index contributed by atoms with van der Waals surface area (Å²) in [5, 5.41) is 14.0. The maximum absolute atomic E-state index is 9.05. The van der Waals surface area contributed by atoms with E-state index in [2.05, 4.69) is 11.2 Å². The van der Waals surface area contributed by atoms with E-state index in [1.807, 2.05) is 38.1 Å². The molecule has 2 aromatic rings. The molecule has 0 fully saturated rings. The number of nitriles is 1. The molecule has 2 rings (SSSR count). The van der Waals surface area contributed by atoms with Crippen LogP contribution in [-0.2, 0) is 0 Å². The van der Waals surface area contributed by atoms with Crippen LogP contribution in [0.3, 0.4) is 0 Å². The van der Waals surface area contributed by atoms with Crippen LogP contribution in [-0.4, -0.2) is 9.78 Å². The summed E-state index contributed by atoms with van der Waals surface area (Å²) < 4.78 is 1.77. The molecule has 1 heterocycles. The molecule has 0 aliphatic carbocycles. The lowest BCUT2D eigenvalue weighted by molar-refractivity contribution is 0.732. The molecular formula is C13H12ClN3. The van der Waals surface area contributed by atoms with Gasteiger partial charge in [0.2, 0.25) is 0 Å². The van der Waals surface area contributed by atoms with Crippen molar-refractivity contribution in [1.29, 1.82) is 5.26 Å². The van der Waals surface area contributed by atoms with Crippen molar-refractivity contribution in [3.05, 3.63) is 46.7 Å². The lowest BCUT2D eigenvalue weighted by atomic mass is 10.1. The van der Waals surface area contributed by atoms with Crippen LogP contribution < -0.4 is 0 Å². The van der Waals surface area contributed by atoms with Crippen LogP contribution in [0.2, 0.25) is 5.02 Å². The fourth-order valence-corrected chi connectivity index (χ4v) is 2.00. The van der Waals surface area contributed by atoms with Crippen LogP contribution in [0.4, 0.5) is 0 Å². The molecule has 0 aliphatic rings. The predicted molar refractivity (Wildman–Crippen MR) is 67.4 cm³/mol. The van der Waals surface area contributed by atoms with Gasteiger partial charge in [-0.05, 0) is 24.1 Å². The van der Waals surface area contributed by atoms with Gasteiger partial charge in [0.05, 0.1) is 23.1 Å². The molecule has 0 amide bonds. The van der Waals surface area contributed by atoms with Gasteiger partial charge < -0.3 is 0 Å². The topological polar surface area (TPSA) is 41.6 Å². The van der Waals surface area contributed by atoms with Gasteiger partial charge in [-0.2, -0.15) is 10.4 Å². The van der Waals surface area contributed by atoms with Gasteiger partial charge >= 0.3 is 0 Å². The van der Waals surface area contributed by atoms with Gasteiger partial charge in [-0.3, -0.25) is 0 Å². The third kappa shape index (κ3) is 2.17. The van der Waals surface area contributed by atoms with Crippen LogP contribution in [0, 0.1) is 11.3 Å². The van der Waals surface area contributed by atoms with Crippen molar-refractivity contribution in [2.24, 2.45) is 0 Å². The summed E-state index contributed by atoms with van der Waals surface area (Å²) in [6, 6.07) is 9.61. The summed E-state index contributed by atoms with van der Waals surface area (Å²) in [4.78, 5) is 0. The molecule has 0 saturated heterocycles. The van der Waals surface area contributed by atoms with Crippen molar-refractivity contribution in [2.75, 3.05) is 0 Å². The minimum atomic E-state index is 0.228. The van der Waals surface area contributed by atoms with E-state index in [1.54, 1.807) is 10.9 Å². The van der Waals surface area contributed by atoms with Gasteiger partial charge in [0.1, 0.15) is 6.07 Å². The second-order valence-electron chi connectivity index (χ2n) is 4.10. The largest absolute Gasteiger partial charge is 0.236 e. The highest BCUT2D eigenvalue weighted by Crippen LogP contribution is 2.23. The standard InChI is InChI=1S/C13H12ClN3/c1-9(2)13-10(7-15)8-16-17(13)12-5-3-4-11(14)6-12/h3-6,8-9H,1-2H3. The summed E-state index contributed by atoms with van der Waals surface area (Å²) >= 11 is 5.96. The SMILES string of the molecule is CC(C)c1c(C#N)cnn1-c1cccc(Cl)c1. The number of aromatic nitrogens is 2. The van der Waals surface area contributed by atoms with E-state index >= 15 is 0 Å². The molecule has 0 saturated carbocycles. The highest BCUT2D eigenvalue weighted by molar-refractivity contribution is 6.30. The molecule has 0 radical (unpaired) electrons. The smallest absolute Gasteiger partial charge is 0.103 e. The summed E-state index contributed by atoms with van der Waals surface area (Å²) in [6.07, 6.45) is 1.59.